The van der Waals surface area contributed by atoms with Gasteiger partial charge in [-0.25, -0.2) is 27.5 Å². The Hall–Kier alpha value is -4.55. The summed E-state index contributed by atoms with van der Waals surface area (Å²) < 4.78 is 39.9. The van der Waals surface area contributed by atoms with Crippen LogP contribution in [-0.4, -0.2) is 49.8 Å². The number of benzene rings is 1. The van der Waals surface area contributed by atoms with Gasteiger partial charge in [-0.15, -0.1) is 0 Å². The molecule has 38 heavy (non-hydrogen) atoms. The predicted molar refractivity (Wildman–Crippen MR) is 142 cm³/mol. The van der Waals surface area contributed by atoms with Crippen LogP contribution in [0.4, 0.5) is 4.39 Å². The van der Waals surface area contributed by atoms with Crippen LogP contribution >= 0.6 is 0 Å². The predicted octanol–water partition coefficient (Wildman–Crippen LogP) is 4.12. The molecule has 6 aromatic rings. The summed E-state index contributed by atoms with van der Waals surface area (Å²) in [4.78, 5) is 21.4. The maximum Gasteiger partial charge on any atom is 0.209 e. The number of aromatic nitrogens is 7. The smallest absolute Gasteiger partial charge is 0.209 e. The molecular weight excluding hydrogens is 507 g/mol. The Labute approximate surface area is 216 Å². The van der Waals surface area contributed by atoms with E-state index in [4.69, 9.17) is 9.97 Å². The number of hydrogen-bond acceptors (Lipinski definition) is 7. The topological polar surface area (TPSA) is 142 Å². The molecule has 12 heteroatoms. The summed E-state index contributed by atoms with van der Waals surface area (Å²) in [6.45, 7) is 1.96. The number of halogens is 1. The molecule has 0 fully saturated rings. The van der Waals surface area contributed by atoms with E-state index in [1.165, 1.54) is 12.1 Å². The number of H-pyrrole nitrogens is 2. The molecular formula is C26H21FN8O2S. The van der Waals surface area contributed by atoms with Crippen LogP contribution in [0.5, 0.6) is 0 Å². The van der Waals surface area contributed by atoms with Crippen LogP contribution in [-0.2, 0) is 16.6 Å². The lowest BCUT2D eigenvalue weighted by Crippen LogP contribution is -2.21. The molecule has 0 atom stereocenters. The second kappa shape index (κ2) is 9.08. The van der Waals surface area contributed by atoms with Gasteiger partial charge < -0.3 is 4.98 Å². The van der Waals surface area contributed by atoms with E-state index in [0.717, 1.165) is 28.6 Å². The van der Waals surface area contributed by atoms with Crippen LogP contribution in [0.25, 0.3) is 56.0 Å². The average Bonchev–Trinajstić information content (AvgIpc) is 3.50. The summed E-state index contributed by atoms with van der Waals surface area (Å²) in [5, 5.41) is 7.46. The van der Waals surface area contributed by atoms with Crippen molar-refractivity contribution in [2.45, 2.75) is 13.5 Å². The number of sulfonamides is 1. The second-order valence-electron chi connectivity index (χ2n) is 8.97. The summed E-state index contributed by atoms with van der Waals surface area (Å²) in [6, 6.07) is 10.1. The van der Waals surface area contributed by atoms with E-state index in [0.29, 0.717) is 44.8 Å². The second-order valence-corrected chi connectivity index (χ2v) is 10.8. The molecule has 0 saturated carbocycles. The van der Waals surface area contributed by atoms with Gasteiger partial charge in [0.2, 0.25) is 10.0 Å². The SMILES string of the molecule is Cc1ccncc1-c1ccc2[nH]nc(-c3nc4c(-c5cc(F)cc(CNS(C)(=O)=O)c5)cncc4[nH]3)c2n1. The highest BCUT2D eigenvalue weighted by molar-refractivity contribution is 7.88. The zero-order valence-corrected chi connectivity index (χ0v) is 21.1. The summed E-state index contributed by atoms with van der Waals surface area (Å²) in [7, 11) is -3.43. The number of aryl methyl sites for hydroxylation is 1. The molecule has 6 rings (SSSR count). The Balaban J connectivity index is 1.44. The molecule has 10 nitrogen and oxygen atoms in total. The number of hydrogen-bond donors (Lipinski definition) is 3. The largest absolute Gasteiger partial charge is 0.335 e. The Morgan fingerprint density at radius 3 is 2.61 bits per heavy atom. The van der Waals surface area contributed by atoms with Gasteiger partial charge in [0.05, 0.1) is 34.7 Å². The quantitative estimate of drug-likeness (QED) is 0.295. The average molecular weight is 529 g/mol. The number of fused-ring (bicyclic) bond motifs is 2. The van der Waals surface area contributed by atoms with E-state index in [9.17, 15) is 12.8 Å². The van der Waals surface area contributed by atoms with Crippen molar-refractivity contribution in [3.05, 3.63) is 78.1 Å². The first-order valence-corrected chi connectivity index (χ1v) is 13.5. The number of aromatic amines is 2. The van der Waals surface area contributed by atoms with E-state index >= 15 is 0 Å². The molecule has 5 heterocycles. The van der Waals surface area contributed by atoms with Gasteiger partial charge in [-0.05, 0) is 60.0 Å². The Morgan fingerprint density at radius 1 is 0.947 bits per heavy atom. The number of pyridine rings is 3. The number of imidazole rings is 1. The molecule has 3 N–H and O–H groups in total. The van der Waals surface area contributed by atoms with Gasteiger partial charge in [-0.3, -0.25) is 15.1 Å². The number of nitrogens with one attached hydrogen (secondary N) is 3. The lowest BCUT2D eigenvalue weighted by molar-refractivity contribution is 0.586. The summed E-state index contributed by atoms with van der Waals surface area (Å²) in [6.07, 6.45) is 7.80. The van der Waals surface area contributed by atoms with E-state index in [2.05, 4.69) is 29.9 Å². The van der Waals surface area contributed by atoms with Gasteiger partial charge in [0.15, 0.2) is 11.5 Å². The normalized spacial score (nSPS) is 12.0. The van der Waals surface area contributed by atoms with Crippen LogP contribution in [0.2, 0.25) is 0 Å². The lowest BCUT2D eigenvalue weighted by Gasteiger charge is -2.07. The monoisotopic (exact) mass is 528 g/mol. The van der Waals surface area contributed by atoms with E-state index in [1.54, 1.807) is 30.9 Å². The molecule has 0 amide bonds. The van der Waals surface area contributed by atoms with Crippen molar-refractivity contribution in [1.29, 1.82) is 0 Å². The molecule has 0 spiro atoms. The van der Waals surface area contributed by atoms with Crippen molar-refractivity contribution < 1.29 is 12.8 Å². The third kappa shape index (κ3) is 4.51. The fourth-order valence-corrected chi connectivity index (χ4v) is 4.75. The zero-order valence-electron chi connectivity index (χ0n) is 20.3. The summed E-state index contributed by atoms with van der Waals surface area (Å²) in [5.41, 5.74) is 7.43. The van der Waals surface area contributed by atoms with Crippen LogP contribution in [0.3, 0.4) is 0 Å². The van der Waals surface area contributed by atoms with Gasteiger partial charge in [0.1, 0.15) is 11.3 Å². The number of nitrogens with zero attached hydrogens (tertiary/aromatic N) is 5. The van der Waals surface area contributed by atoms with Crippen molar-refractivity contribution >= 4 is 32.1 Å². The van der Waals surface area contributed by atoms with Crippen molar-refractivity contribution in [2.24, 2.45) is 0 Å². The minimum atomic E-state index is -3.43. The molecule has 0 unspecified atom stereocenters. The number of rotatable bonds is 6. The molecule has 0 aliphatic rings. The third-order valence-electron chi connectivity index (χ3n) is 6.15. The lowest BCUT2D eigenvalue weighted by atomic mass is 10.0. The summed E-state index contributed by atoms with van der Waals surface area (Å²) >= 11 is 0. The van der Waals surface area contributed by atoms with Crippen LogP contribution in [0, 0.1) is 12.7 Å². The first kappa shape index (κ1) is 23.8. The molecule has 5 aromatic heterocycles. The van der Waals surface area contributed by atoms with Crippen molar-refractivity contribution in [2.75, 3.05) is 6.26 Å². The zero-order chi connectivity index (χ0) is 26.4. The first-order valence-electron chi connectivity index (χ1n) is 11.6. The Kier molecular flexibility index (Phi) is 5.69. The van der Waals surface area contributed by atoms with Crippen LogP contribution in [0.1, 0.15) is 11.1 Å². The summed E-state index contributed by atoms with van der Waals surface area (Å²) in [5.74, 6) is -0.0234. The molecule has 190 valence electrons. The Morgan fingerprint density at radius 2 is 1.79 bits per heavy atom. The third-order valence-corrected chi connectivity index (χ3v) is 6.82. The van der Waals surface area contributed by atoms with Crippen molar-refractivity contribution in [3.8, 4) is 33.9 Å². The standard InChI is InChI=1S/C26H21FN8O2S/c1-14-5-6-28-11-18(14)20-3-4-21-24(31-20)25(35-34-21)26-32-22-13-29-12-19(23(22)33-26)16-7-15(8-17(27)9-16)10-30-38(2,36)37/h3-9,11-13,30H,10H2,1-2H3,(H,32,33)(H,34,35). The van der Waals surface area contributed by atoms with Crippen molar-refractivity contribution in [1.82, 2.24) is 39.8 Å². The van der Waals surface area contributed by atoms with Gasteiger partial charge in [0, 0.05) is 36.3 Å². The van der Waals surface area contributed by atoms with Gasteiger partial charge >= 0.3 is 0 Å². The molecule has 0 saturated heterocycles. The Bertz CT molecular complexity index is 1950. The van der Waals surface area contributed by atoms with Gasteiger partial charge in [0.25, 0.3) is 0 Å². The van der Waals surface area contributed by atoms with Gasteiger partial charge in [-0.2, -0.15) is 5.10 Å². The van der Waals surface area contributed by atoms with E-state index in [1.807, 2.05) is 25.1 Å². The highest BCUT2D eigenvalue weighted by Crippen LogP contribution is 2.32. The van der Waals surface area contributed by atoms with Crippen molar-refractivity contribution in [3.63, 3.8) is 0 Å². The van der Waals surface area contributed by atoms with Gasteiger partial charge in [-0.1, -0.05) is 0 Å². The van der Waals surface area contributed by atoms with E-state index in [-0.39, 0.29) is 6.54 Å². The maximum atomic E-state index is 14.5. The fraction of sp³-hybridized carbons (Fsp3) is 0.115. The van der Waals surface area contributed by atoms with E-state index < -0.39 is 15.8 Å². The highest BCUT2D eigenvalue weighted by Gasteiger charge is 2.18. The highest BCUT2D eigenvalue weighted by atomic mass is 32.2. The molecule has 0 bridgehead atoms. The molecule has 0 aliphatic carbocycles. The minimum absolute atomic E-state index is 0.0392. The maximum absolute atomic E-state index is 14.5. The molecule has 0 radical (unpaired) electrons. The molecule has 0 aliphatic heterocycles. The van der Waals surface area contributed by atoms with Crippen LogP contribution < -0.4 is 4.72 Å². The molecule has 1 aromatic carbocycles. The fourth-order valence-electron chi connectivity index (χ4n) is 4.32. The first-order chi connectivity index (χ1) is 18.2. The minimum Gasteiger partial charge on any atom is -0.335 e. The van der Waals surface area contributed by atoms with Crippen LogP contribution in [0.15, 0.2) is 61.2 Å².